The Morgan fingerprint density at radius 2 is 1.80 bits per heavy atom. The molecule has 7 nitrogen and oxygen atoms in total. The number of carbonyl (C=O) groups excluding carboxylic acids is 3. The summed E-state index contributed by atoms with van der Waals surface area (Å²) >= 11 is 0. The van der Waals surface area contributed by atoms with E-state index >= 15 is 0 Å². The Balaban J connectivity index is 1.38. The summed E-state index contributed by atoms with van der Waals surface area (Å²) in [5.41, 5.74) is 1.54. The first-order valence-corrected chi connectivity index (χ1v) is 10.2. The summed E-state index contributed by atoms with van der Waals surface area (Å²) < 4.78 is 10.6. The highest BCUT2D eigenvalue weighted by Gasteiger charge is 2.46. The molecule has 0 N–H and O–H groups in total. The van der Waals surface area contributed by atoms with Crippen molar-refractivity contribution in [2.45, 2.75) is 39.2 Å². The second-order valence-corrected chi connectivity index (χ2v) is 7.67. The van der Waals surface area contributed by atoms with Crippen LogP contribution in [0.2, 0.25) is 0 Å². The van der Waals surface area contributed by atoms with E-state index in [0.717, 1.165) is 12.0 Å². The van der Waals surface area contributed by atoms with Crippen LogP contribution in [-0.4, -0.2) is 29.2 Å². The van der Waals surface area contributed by atoms with E-state index in [9.17, 15) is 19.2 Å². The Morgan fingerprint density at radius 3 is 2.47 bits per heavy atom. The molecule has 1 aliphatic carbocycles. The summed E-state index contributed by atoms with van der Waals surface area (Å²) in [6.07, 6.45) is 5.72. The van der Waals surface area contributed by atoms with Gasteiger partial charge in [0.1, 0.15) is 12.2 Å². The second-order valence-electron chi connectivity index (χ2n) is 7.67. The average molecular weight is 409 g/mol. The van der Waals surface area contributed by atoms with Gasteiger partial charge >= 0.3 is 11.6 Å². The third-order valence-electron chi connectivity index (χ3n) is 5.83. The smallest absolute Gasteiger partial charge is 0.336 e. The van der Waals surface area contributed by atoms with Gasteiger partial charge in [-0.1, -0.05) is 31.2 Å². The van der Waals surface area contributed by atoms with Crippen LogP contribution in [0.5, 0.6) is 0 Å². The fourth-order valence-corrected chi connectivity index (χ4v) is 4.14. The number of esters is 1. The zero-order valence-electron chi connectivity index (χ0n) is 16.8. The number of hydrogen-bond donors (Lipinski definition) is 0. The Bertz CT molecular complexity index is 1070. The Kier molecular flexibility index (Phi) is 5.53. The first-order chi connectivity index (χ1) is 14.5. The van der Waals surface area contributed by atoms with Crippen LogP contribution in [0, 0.1) is 11.8 Å². The van der Waals surface area contributed by atoms with Gasteiger partial charge in [0.15, 0.2) is 0 Å². The average Bonchev–Trinajstić information content (AvgIpc) is 3.00. The van der Waals surface area contributed by atoms with E-state index < -0.39 is 11.6 Å². The van der Waals surface area contributed by atoms with Crippen molar-refractivity contribution in [2.75, 3.05) is 6.54 Å². The molecule has 0 radical (unpaired) electrons. The number of hydrogen-bond acceptors (Lipinski definition) is 6. The normalized spacial score (nSPS) is 20.6. The van der Waals surface area contributed by atoms with E-state index in [2.05, 4.69) is 0 Å². The van der Waals surface area contributed by atoms with Crippen LogP contribution >= 0.6 is 0 Å². The molecular weight excluding hydrogens is 386 g/mol. The summed E-state index contributed by atoms with van der Waals surface area (Å²) in [7, 11) is 0. The summed E-state index contributed by atoms with van der Waals surface area (Å²) in [6.45, 7) is 1.94. The predicted molar refractivity (Wildman–Crippen MR) is 108 cm³/mol. The van der Waals surface area contributed by atoms with Gasteiger partial charge in [-0.25, -0.2) is 4.79 Å². The largest absolute Gasteiger partial charge is 0.461 e. The summed E-state index contributed by atoms with van der Waals surface area (Å²) in [5, 5.41) is 0.709. The quantitative estimate of drug-likeness (QED) is 0.315. The molecule has 2 aliphatic rings. The van der Waals surface area contributed by atoms with Crippen molar-refractivity contribution in [3.05, 3.63) is 58.0 Å². The maximum atomic E-state index is 12.5. The number of rotatable bonds is 6. The first-order valence-electron chi connectivity index (χ1n) is 10.2. The molecule has 0 saturated carbocycles. The molecule has 0 spiro atoms. The highest BCUT2D eigenvalue weighted by atomic mass is 16.5. The van der Waals surface area contributed by atoms with Crippen molar-refractivity contribution in [3.63, 3.8) is 0 Å². The molecule has 2 heterocycles. The minimum absolute atomic E-state index is 0.0149. The van der Waals surface area contributed by atoms with Crippen molar-refractivity contribution in [2.24, 2.45) is 11.8 Å². The van der Waals surface area contributed by atoms with Gasteiger partial charge in [-0.05, 0) is 30.9 Å². The molecule has 1 aliphatic heterocycles. The molecule has 156 valence electrons. The van der Waals surface area contributed by atoms with E-state index in [1.54, 1.807) is 6.07 Å². The van der Waals surface area contributed by atoms with Gasteiger partial charge in [0.05, 0.1) is 18.3 Å². The van der Waals surface area contributed by atoms with Gasteiger partial charge in [0.2, 0.25) is 11.8 Å². The van der Waals surface area contributed by atoms with Crippen LogP contribution in [0.15, 0.2) is 45.6 Å². The van der Waals surface area contributed by atoms with E-state index in [4.69, 9.17) is 9.15 Å². The third-order valence-corrected chi connectivity index (χ3v) is 5.83. The Hall–Kier alpha value is -3.22. The maximum absolute atomic E-state index is 12.5. The lowest BCUT2D eigenvalue weighted by Gasteiger charge is -2.14. The fraction of sp³-hybridized carbons (Fsp3) is 0.391. The molecule has 7 heteroatoms. The zero-order chi connectivity index (χ0) is 21.3. The molecule has 2 aromatic rings. The molecule has 1 aromatic carbocycles. The fourth-order valence-electron chi connectivity index (χ4n) is 4.14. The van der Waals surface area contributed by atoms with Crippen LogP contribution in [0.3, 0.4) is 0 Å². The maximum Gasteiger partial charge on any atom is 0.336 e. The topological polar surface area (TPSA) is 93.9 Å². The van der Waals surface area contributed by atoms with Crippen molar-refractivity contribution < 1.29 is 23.5 Å². The Labute approximate surface area is 173 Å². The second kappa shape index (κ2) is 8.26. The molecule has 0 bridgehead atoms. The minimum Gasteiger partial charge on any atom is -0.461 e. The summed E-state index contributed by atoms with van der Waals surface area (Å²) in [5.74, 6) is -1.56. The van der Waals surface area contributed by atoms with E-state index in [1.807, 2.05) is 31.2 Å². The van der Waals surface area contributed by atoms with Crippen molar-refractivity contribution in [3.8, 4) is 0 Å². The van der Waals surface area contributed by atoms with Gasteiger partial charge in [-0.15, -0.1) is 0 Å². The molecular formula is C23H23NO6. The van der Waals surface area contributed by atoms with Gasteiger partial charge < -0.3 is 9.15 Å². The number of imide groups is 1. The van der Waals surface area contributed by atoms with Crippen LogP contribution < -0.4 is 5.63 Å². The van der Waals surface area contributed by atoms with E-state index in [0.29, 0.717) is 29.4 Å². The highest BCUT2D eigenvalue weighted by Crippen LogP contribution is 2.35. The van der Waals surface area contributed by atoms with Gasteiger partial charge in [-0.2, -0.15) is 0 Å². The molecule has 4 rings (SSSR count). The third kappa shape index (κ3) is 3.79. The number of benzene rings is 1. The van der Waals surface area contributed by atoms with Crippen LogP contribution in [0.25, 0.3) is 11.0 Å². The lowest BCUT2D eigenvalue weighted by Crippen LogP contribution is -2.33. The number of nitrogens with zero attached hydrogens (tertiary/aromatic N) is 1. The summed E-state index contributed by atoms with van der Waals surface area (Å²) in [6, 6.07) is 6.90. The molecule has 0 unspecified atom stereocenters. The highest BCUT2D eigenvalue weighted by molar-refractivity contribution is 6.05. The number of carbonyl (C=O) groups is 3. The van der Waals surface area contributed by atoms with E-state index in [-0.39, 0.29) is 43.2 Å². The number of ether oxygens (including phenoxy) is 1. The molecule has 30 heavy (non-hydrogen) atoms. The minimum atomic E-state index is -0.532. The number of aryl methyl sites for hydroxylation is 1. The molecule has 2 amide bonds. The number of fused-ring (bicyclic) bond motifs is 2. The summed E-state index contributed by atoms with van der Waals surface area (Å²) in [4.78, 5) is 50.2. The van der Waals surface area contributed by atoms with Gasteiger partial charge in [-0.3, -0.25) is 19.3 Å². The van der Waals surface area contributed by atoms with Crippen LogP contribution in [-0.2, 0) is 32.1 Å². The van der Waals surface area contributed by atoms with Crippen molar-refractivity contribution in [1.82, 2.24) is 4.90 Å². The predicted octanol–water partition coefficient (Wildman–Crippen LogP) is 2.74. The first kappa shape index (κ1) is 20.1. The van der Waals surface area contributed by atoms with E-state index in [1.165, 1.54) is 11.0 Å². The van der Waals surface area contributed by atoms with Crippen molar-refractivity contribution in [1.29, 1.82) is 0 Å². The Morgan fingerprint density at radius 1 is 1.10 bits per heavy atom. The monoisotopic (exact) mass is 409 g/mol. The van der Waals surface area contributed by atoms with Gasteiger partial charge in [0, 0.05) is 23.6 Å². The zero-order valence-corrected chi connectivity index (χ0v) is 16.8. The van der Waals surface area contributed by atoms with Crippen molar-refractivity contribution >= 4 is 28.8 Å². The molecule has 2 atom stereocenters. The lowest BCUT2D eigenvalue weighted by molar-refractivity contribution is -0.146. The van der Waals surface area contributed by atoms with Crippen LogP contribution in [0.1, 0.15) is 37.3 Å². The number of likely N-dealkylation sites (tertiary alicyclic amines) is 1. The number of allylic oxidation sites excluding steroid dienone is 2. The molecule has 1 fully saturated rings. The standard InChI is InChI=1S/C23H23NO6/c1-2-14-7-8-16-15(12-21(26)30-19(16)11-14)13-29-20(25)9-10-24-22(27)17-5-3-4-6-18(17)23(24)28/h3-4,7-8,11-12,17-18H,2,5-6,9-10,13H2,1H3/t17-,18+. The van der Waals surface area contributed by atoms with Gasteiger partial charge in [0.25, 0.3) is 0 Å². The SMILES string of the molecule is CCc1ccc2c(COC(=O)CCN3C(=O)[C@H]4CC=CC[C@H]4C3=O)cc(=O)oc2c1. The van der Waals surface area contributed by atoms with Crippen LogP contribution in [0.4, 0.5) is 0 Å². The number of amides is 2. The lowest BCUT2D eigenvalue weighted by atomic mass is 9.85. The molecule has 1 saturated heterocycles. The molecule has 1 aromatic heterocycles.